The van der Waals surface area contributed by atoms with E-state index in [2.05, 4.69) is 26.7 Å². The number of hydrogen-bond donors (Lipinski definition) is 1. The number of imidazole rings is 1. The maximum absolute atomic E-state index is 12.3. The van der Waals surface area contributed by atoms with Crippen LogP contribution in [-0.2, 0) is 11.3 Å². The minimum Gasteiger partial charge on any atom is -0.504 e. The number of aromatic hydroxyl groups is 1. The Morgan fingerprint density at radius 2 is 1.96 bits per heavy atom. The van der Waals surface area contributed by atoms with Crippen LogP contribution in [0.2, 0.25) is 0 Å². The van der Waals surface area contributed by atoms with E-state index in [9.17, 15) is 9.90 Å². The molecule has 1 aliphatic heterocycles. The van der Waals surface area contributed by atoms with Crippen LogP contribution in [0.15, 0.2) is 12.4 Å². The normalized spacial score (nSPS) is 14.8. The van der Waals surface area contributed by atoms with Crippen LogP contribution in [0.25, 0.3) is 11.0 Å². The van der Waals surface area contributed by atoms with E-state index < -0.39 is 5.60 Å². The van der Waals surface area contributed by atoms with Crippen LogP contribution in [0, 0.1) is 11.8 Å². The van der Waals surface area contributed by atoms with Gasteiger partial charge in [0, 0.05) is 26.2 Å². The van der Waals surface area contributed by atoms with Crippen LogP contribution in [0.3, 0.4) is 0 Å². The maximum atomic E-state index is 12.3. The first kappa shape index (κ1) is 18.8. The summed E-state index contributed by atoms with van der Waals surface area (Å²) < 4.78 is 7.34. The van der Waals surface area contributed by atoms with Gasteiger partial charge in [-0.05, 0) is 27.7 Å². The molecule has 3 rings (SSSR count). The predicted molar refractivity (Wildman–Crippen MR) is 103 cm³/mol. The molecule has 1 saturated heterocycles. The van der Waals surface area contributed by atoms with Crippen molar-refractivity contribution in [2.45, 2.75) is 39.8 Å². The molecule has 1 aliphatic rings. The highest BCUT2D eigenvalue weighted by molar-refractivity contribution is 5.83. The Morgan fingerprint density at radius 3 is 2.59 bits per heavy atom. The van der Waals surface area contributed by atoms with Crippen molar-refractivity contribution in [1.82, 2.24) is 19.4 Å². The Hall–Kier alpha value is -2.95. The van der Waals surface area contributed by atoms with Crippen molar-refractivity contribution in [3.05, 3.63) is 12.4 Å². The molecular weight excluding hydrogens is 346 g/mol. The summed E-state index contributed by atoms with van der Waals surface area (Å²) in [5, 5.41) is 10.2. The molecule has 0 atom stereocenters. The van der Waals surface area contributed by atoms with Crippen molar-refractivity contribution in [2.75, 3.05) is 31.1 Å². The molecule has 0 aromatic carbocycles. The van der Waals surface area contributed by atoms with Gasteiger partial charge in [0.05, 0.1) is 18.9 Å². The summed E-state index contributed by atoms with van der Waals surface area (Å²) in [6.45, 7) is 10.1. The highest BCUT2D eigenvalue weighted by Gasteiger charge is 2.28. The third-order valence-electron chi connectivity index (χ3n) is 4.24. The fraction of sp³-hybridized carbons (Fsp3) is 0.526. The zero-order chi connectivity index (χ0) is 19.6. The van der Waals surface area contributed by atoms with Crippen molar-refractivity contribution >= 4 is 23.1 Å². The van der Waals surface area contributed by atoms with Gasteiger partial charge in [-0.1, -0.05) is 5.92 Å². The van der Waals surface area contributed by atoms with Crippen molar-refractivity contribution in [3.8, 4) is 17.6 Å². The molecule has 0 aliphatic carbocycles. The molecular formula is C19H25N5O3. The number of carbonyl (C=O) groups is 1. The monoisotopic (exact) mass is 371 g/mol. The number of hydrogen-bond acceptors (Lipinski definition) is 6. The van der Waals surface area contributed by atoms with Gasteiger partial charge in [-0.2, -0.15) is 0 Å². The van der Waals surface area contributed by atoms with Gasteiger partial charge in [0.15, 0.2) is 5.75 Å². The highest BCUT2D eigenvalue weighted by Crippen LogP contribution is 2.29. The second-order valence-corrected chi connectivity index (χ2v) is 7.41. The lowest BCUT2D eigenvalue weighted by Gasteiger charge is -2.36. The van der Waals surface area contributed by atoms with Crippen LogP contribution in [0.1, 0.15) is 27.7 Å². The smallest absolute Gasteiger partial charge is 0.410 e. The summed E-state index contributed by atoms with van der Waals surface area (Å²) in [5.41, 5.74) is 0.737. The number of anilines is 1. The maximum Gasteiger partial charge on any atom is 0.410 e. The summed E-state index contributed by atoms with van der Waals surface area (Å²) in [7, 11) is 0. The summed E-state index contributed by atoms with van der Waals surface area (Å²) >= 11 is 0. The standard InChI is InChI=1S/C19H25N5O3/c1-5-6-7-24-16-14(12-20-13-15(16)25)21-17(24)22-8-10-23(11-9-22)18(26)27-19(2,3)4/h12-13,25H,7-11H2,1-4H3. The Labute approximate surface area is 158 Å². The number of amides is 1. The molecule has 8 heteroatoms. The summed E-state index contributed by atoms with van der Waals surface area (Å²) in [6.07, 6.45) is 2.74. The van der Waals surface area contributed by atoms with E-state index in [0.29, 0.717) is 43.8 Å². The number of pyridine rings is 1. The van der Waals surface area contributed by atoms with Gasteiger partial charge in [-0.15, -0.1) is 5.92 Å². The minimum atomic E-state index is -0.508. The van der Waals surface area contributed by atoms with Crippen LogP contribution in [-0.4, -0.2) is 62.4 Å². The molecule has 1 amide bonds. The first-order chi connectivity index (χ1) is 12.8. The zero-order valence-corrected chi connectivity index (χ0v) is 16.2. The Balaban J connectivity index is 1.81. The first-order valence-electron chi connectivity index (χ1n) is 8.96. The minimum absolute atomic E-state index is 0.0801. The zero-order valence-electron chi connectivity index (χ0n) is 16.2. The molecule has 0 saturated carbocycles. The molecule has 0 bridgehead atoms. The van der Waals surface area contributed by atoms with E-state index in [1.807, 2.05) is 25.3 Å². The Bertz CT molecular complexity index is 896. The van der Waals surface area contributed by atoms with Gasteiger partial charge in [-0.25, -0.2) is 9.78 Å². The summed E-state index contributed by atoms with van der Waals surface area (Å²) in [4.78, 5) is 24.7. The largest absolute Gasteiger partial charge is 0.504 e. The lowest BCUT2D eigenvalue weighted by Crippen LogP contribution is -2.50. The number of piperazine rings is 1. The first-order valence-corrected chi connectivity index (χ1v) is 8.96. The lowest BCUT2D eigenvalue weighted by atomic mass is 10.2. The lowest BCUT2D eigenvalue weighted by molar-refractivity contribution is 0.0240. The number of rotatable bonds is 2. The summed E-state index contributed by atoms with van der Waals surface area (Å²) in [5.74, 6) is 6.71. The number of fused-ring (bicyclic) bond motifs is 1. The van der Waals surface area contributed by atoms with E-state index in [1.54, 1.807) is 18.0 Å². The molecule has 1 N–H and O–H groups in total. The average molecular weight is 371 g/mol. The van der Waals surface area contributed by atoms with E-state index in [-0.39, 0.29) is 11.8 Å². The van der Waals surface area contributed by atoms with E-state index in [4.69, 9.17) is 4.74 Å². The third kappa shape index (κ3) is 4.08. The second kappa shape index (κ2) is 7.35. The van der Waals surface area contributed by atoms with Crippen molar-refractivity contribution < 1.29 is 14.6 Å². The van der Waals surface area contributed by atoms with E-state index in [0.717, 1.165) is 5.95 Å². The molecule has 2 aromatic rings. The van der Waals surface area contributed by atoms with Crippen LogP contribution < -0.4 is 4.90 Å². The molecule has 3 heterocycles. The van der Waals surface area contributed by atoms with Crippen LogP contribution in [0.4, 0.5) is 10.7 Å². The van der Waals surface area contributed by atoms with Crippen molar-refractivity contribution in [3.63, 3.8) is 0 Å². The number of nitrogens with zero attached hydrogens (tertiary/aromatic N) is 5. The van der Waals surface area contributed by atoms with Gasteiger partial charge >= 0.3 is 6.09 Å². The Morgan fingerprint density at radius 1 is 1.26 bits per heavy atom. The molecule has 2 aromatic heterocycles. The molecule has 0 spiro atoms. The third-order valence-corrected chi connectivity index (χ3v) is 4.24. The predicted octanol–water partition coefficient (Wildman–Crippen LogP) is 2.22. The van der Waals surface area contributed by atoms with Crippen molar-refractivity contribution in [2.24, 2.45) is 0 Å². The molecule has 1 fully saturated rings. The molecule has 144 valence electrons. The topological polar surface area (TPSA) is 83.7 Å². The number of ether oxygens (including phenoxy) is 1. The van der Waals surface area contributed by atoms with Crippen molar-refractivity contribution in [1.29, 1.82) is 0 Å². The quantitative estimate of drug-likeness (QED) is 0.815. The average Bonchev–Trinajstić information content (AvgIpc) is 2.98. The molecule has 8 nitrogen and oxygen atoms in total. The summed E-state index contributed by atoms with van der Waals surface area (Å²) in [6, 6.07) is 0. The highest BCUT2D eigenvalue weighted by atomic mass is 16.6. The van der Waals surface area contributed by atoms with Crippen LogP contribution >= 0.6 is 0 Å². The van der Waals surface area contributed by atoms with Gasteiger partial charge < -0.3 is 19.6 Å². The van der Waals surface area contributed by atoms with Gasteiger partial charge in [0.25, 0.3) is 0 Å². The number of aromatic nitrogens is 3. The fourth-order valence-electron chi connectivity index (χ4n) is 3.02. The number of carbonyl (C=O) groups excluding carboxylic acids is 1. The SMILES string of the molecule is CC#CCn1c(N2CCN(C(=O)OC(C)(C)C)CC2)nc2cncc(O)c21. The van der Waals surface area contributed by atoms with E-state index in [1.165, 1.54) is 6.20 Å². The van der Waals surface area contributed by atoms with Gasteiger partial charge in [0.2, 0.25) is 5.95 Å². The molecule has 0 unspecified atom stereocenters. The van der Waals surface area contributed by atoms with Crippen LogP contribution in [0.5, 0.6) is 5.75 Å². The van der Waals surface area contributed by atoms with E-state index >= 15 is 0 Å². The van der Waals surface area contributed by atoms with Gasteiger partial charge in [0.1, 0.15) is 16.6 Å². The Kier molecular flexibility index (Phi) is 5.13. The fourth-order valence-corrected chi connectivity index (χ4v) is 3.02. The molecule has 0 radical (unpaired) electrons. The molecule has 27 heavy (non-hydrogen) atoms. The second-order valence-electron chi connectivity index (χ2n) is 7.41. The van der Waals surface area contributed by atoms with Gasteiger partial charge in [-0.3, -0.25) is 9.55 Å².